The second-order valence-corrected chi connectivity index (χ2v) is 22.1. The monoisotopic (exact) mass is 915 g/mol. The first-order valence-electron chi connectivity index (χ1n) is 27.9. The first kappa shape index (κ1) is 62.5. The van der Waals surface area contributed by atoms with Crippen molar-refractivity contribution in [2.45, 2.75) is 302 Å². The van der Waals surface area contributed by atoms with Gasteiger partial charge in [0.2, 0.25) is 5.91 Å². The Kier molecular flexibility index (Phi) is 46.2. The second-order valence-electron chi connectivity index (χ2n) is 20.7. The van der Waals surface area contributed by atoms with Crippen LogP contribution in [0.25, 0.3) is 0 Å². The van der Waals surface area contributed by atoms with Crippen molar-refractivity contribution >= 4 is 13.7 Å². The molecule has 0 aromatic carbocycles. The highest BCUT2D eigenvalue weighted by molar-refractivity contribution is 7.45. The summed E-state index contributed by atoms with van der Waals surface area (Å²) >= 11 is 0. The number of hydrogen-bond donors (Lipinski definition) is 2. The molecule has 0 aromatic rings. The van der Waals surface area contributed by atoms with Gasteiger partial charge in [0.15, 0.2) is 0 Å². The van der Waals surface area contributed by atoms with Crippen LogP contribution in [0.2, 0.25) is 0 Å². The number of phosphoric ester groups is 1. The van der Waals surface area contributed by atoms with Crippen molar-refractivity contribution in [3.05, 3.63) is 0 Å². The van der Waals surface area contributed by atoms with Crippen LogP contribution in [0.15, 0.2) is 0 Å². The molecule has 1 amide bonds. The SMILES string of the molecule is CCCCCCCCCCCCCCCCCCCCCCCCCCCCCC(=O)NC(COP(=O)([O-])OCC[N+](C)(C)C)C(O)CCCCCCCCCCCCCCCC. The Morgan fingerprint density at radius 1 is 0.492 bits per heavy atom. The van der Waals surface area contributed by atoms with Crippen LogP contribution in [0.5, 0.6) is 0 Å². The van der Waals surface area contributed by atoms with Gasteiger partial charge in [-0.15, -0.1) is 0 Å². The molecule has 0 bridgehead atoms. The Morgan fingerprint density at radius 2 is 0.778 bits per heavy atom. The lowest BCUT2D eigenvalue weighted by Crippen LogP contribution is -2.46. The highest BCUT2D eigenvalue weighted by atomic mass is 31.2. The number of nitrogens with zero attached hydrogens (tertiary/aromatic N) is 1. The molecule has 0 aliphatic carbocycles. The van der Waals surface area contributed by atoms with Gasteiger partial charge in [-0.3, -0.25) is 9.36 Å². The molecular formula is C54H111N2O6P. The number of aliphatic hydroxyl groups is 1. The average molecular weight is 915 g/mol. The maximum atomic E-state index is 13.0. The number of likely N-dealkylation sites (N-methyl/N-ethyl adjacent to an activating group) is 1. The molecule has 0 aliphatic rings. The highest BCUT2D eigenvalue weighted by Crippen LogP contribution is 2.38. The molecule has 0 radical (unpaired) electrons. The predicted octanol–water partition coefficient (Wildman–Crippen LogP) is 15.9. The van der Waals surface area contributed by atoms with Crippen molar-refractivity contribution in [2.75, 3.05) is 40.9 Å². The lowest BCUT2D eigenvalue weighted by molar-refractivity contribution is -0.870. The minimum absolute atomic E-state index is 0.0164. The van der Waals surface area contributed by atoms with E-state index < -0.39 is 20.0 Å². The number of quaternary nitrogens is 1. The van der Waals surface area contributed by atoms with Crippen LogP contribution >= 0.6 is 7.82 Å². The number of carbonyl (C=O) groups excluding carboxylic acids is 1. The largest absolute Gasteiger partial charge is 0.756 e. The minimum atomic E-state index is -4.56. The standard InChI is InChI=1S/C54H111N2O6P/c1-6-8-10-12-14-16-18-20-22-23-24-25-26-27-28-29-30-31-32-33-34-36-38-40-42-44-46-48-54(58)55-52(51-62-63(59,60)61-50-49-56(3,4)5)53(57)47-45-43-41-39-37-35-21-19-17-15-13-11-9-7-2/h52-53,57H,6-51H2,1-5H3,(H-,55,58,59,60). The summed E-state index contributed by atoms with van der Waals surface area (Å²) in [5.41, 5.74) is 0. The Morgan fingerprint density at radius 3 is 1.08 bits per heavy atom. The molecule has 0 spiro atoms. The van der Waals surface area contributed by atoms with Crippen LogP contribution in [0.3, 0.4) is 0 Å². The van der Waals surface area contributed by atoms with Gasteiger partial charge in [-0.1, -0.05) is 271 Å². The first-order chi connectivity index (χ1) is 30.5. The van der Waals surface area contributed by atoms with Gasteiger partial charge in [-0.2, -0.15) is 0 Å². The zero-order valence-electron chi connectivity index (χ0n) is 43.1. The van der Waals surface area contributed by atoms with Gasteiger partial charge in [-0.25, -0.2) is 0 Å². The van der Waals surface area contributed by atoms with Gasteiger partial charge in [0.05, 0.1) is 39.9 Å². The second kappa shape index (κ2) is 46.6. The topological polar surface area (TPSA) is 108 Å². The smallest absolute Gasteiger partial charge is 0.268 e. The van der Waals surface area contributed by atoms with E-state index in [0.29, 0.717) is 23.9 Å². The quantitative estimate of drug-likeness (QED) is 0.0357. The zero-order chi connectivity index (χ0) is 46.4. The fourth-order valence-corrected chi connectivity index (χ4v) is 9.41. The van der Waals surface area contributed by atoms with Gasteiger partial charge in [0.25, 0.3) is 7.82 Å². The van der Waals surface area contributed by atoms with Gasteiger partial charge < -0.3 is 28.8 Å². The van der Waals surface area contributed by atoms with Crippen molar-refractivity contribution in [3.63, 3.8) is 0 Å². The third kappa shape index (κ3) is 49.2. The van der Waals surface area contributed by atoms with E-state index >= 15 is 0 Å². The summed E-state index contributed by atoms with van der Waals surface area (Å²) in [5.74, 6) is -0.158. The summed E-state index contributed by atoms with van der Waals surface area (Å²) in [5, 5.41) is 14.0. The van der Waals surface area contributed by atoms with Crippen molar-refractivity contribution in [2.24, 2.45) is 0 Å². The number of phosphoric acid groups is 1. The molecule has 3 unspecified atom stereocenters. The van der Waals surface area contributed by atoms with Crippen molar-refractivity contribution < 1.29 is 32.9 Å². The lowest BCUT2D eigenvalue weighted by atomic mass is 10.0. The molecule has 9 heteroatoms. The van der Waals surface area contributed by atoms with Gasteiger partial charge in [-0.05, 0) is 12.8 Å². The molecular weight excluding hydrogens is 804 g/mol. The number of amides is 1. The molecule has 8 nitrogen and oxygen atoms in total. The molecule has 0 aliphatic heterocycles. The van der Waals surface area contributed by atoms with Gasteiger partial charge in [0, 0.05) is 6.42 Å². The summed E-state index contributed by atoms with van der Waals surface area (Å²) in [7, 11) is 1.32. The van der Waals surface area contributed by atoms with E-state index in [1.54, 1.807) is 0 Å². The van der Waals surface area contributed by atoms with E-state index in [1.807, 2.05) is 21.1 Å². The number of aliphatic hydroxyl groups excluding tert-OH is 1. The Balaban J connectivity index is 4.05. The van der Waals surface area contributed by atoms with Crippen molar-refractivity contribution in [3.8, 4) is 0 Å². The molecule has 0 rings (SSSR count). The van der Waals surface area contributed by atoms with Crippen LogP contribution in [-0.4, -0.2) is 68.5 Å². The maximum absolute atomic E-state index is 13.0. The number of rotatable bonds is 52. The van der Waals surface area contributed by atoms with Crippen molar-refractivity contribution in [1.82, 2.24) is 5.32 Å². The average Bonchev–Trinajstić information content (AvgIpc) is 3.24. The van der Waals surface area contributed by atoms with E-state index in [4.69, 9.17) is 9.05 Å². The lowest BCUT2D eigenvalue weighted by Gasteiger charge is -2.30. The highest BCUT2D eigenvalue weighted by Gasteiger charge is 2.24. The molecule has 0 aromatic heterocycles. The van der Waals surface area contributed by atoms with E-state index in [-0.39, 0.29) is 19.1 Å². The fraction of sp³-hybridized carbons (Fsp3) is 0.981. The van der Waals surface area contributed by atoms with Crippen LogP contribution in [0.1, 0.15) is 290 Å². The van der Waals surface area contributed by atoms with E-state index in [2.05, 4.69) is 19.2 Å². The van der Waals surface area contributed by atoms with E-state index in [9.17, 15) is 19.4 Å². The summed E-state index contributed by atoms with van der Waals surface area (Å²) < 4.78 is 23.4. The molecule has 63 heavy (non-hydrogen) atoms. The predicted molar refractivity (Wildman–Crippen MR) is 270 cm³/mol. The van der Waals surface area contributed by atoms with Crippen LogP contribution < -0.4 is 10.2 Å². The molecule has 3 atom stereocenters. The number of nitrogens with one attached hydrogen (secondary N) is 1. The molecule has 0 fully saturated rings. The fourth-order valence-electron chi connectivity index (χ4n) is 8.69. The Bertz CT molecular complexity index is 994. The number of unbranched alkanes of at least 4 members (excludes halogenated alkanes) is 39. The molecule has 0 heterocycles. The number of carbonyl (C=O) groups is 1. The molecule has 2 N–H and O–H groups in total. The summed E-state index contributed by atoms with van der Waals surface area (Å²) in [4.78, 5) is 25.5. The molecule has 378 valence electrons. The summed E-state index contributed by atoms with van der Waals surface area (Å²) in [6, 6.07) is -0.794. The van der Waals surface area contributed by atoms with Gasteiger partial charge >= 0.3 is 0 Å². The van der Waals surface area contributed by atoms with Gasteiger partial charge in [0.1, 0.15) is 13.2 Å². The minimum Gasteiger partial charge on any atom is -0.756 e. The van der Waals surface area contributed by atoms with Crippen LogP contribution in [0.4, 0.5) is 0 Å². The maximum Gasteiger partial charge on any atom is 0.268 e. The normalized spacial score (nSPS) is 14.0. The van der Waals surface area contributed by atoms with E-state index in [0.717, 1.165) is 38.5 Å². The van der Waals surface area contributed by atoms with Crippen LogP contribution in [0, 0.1) is 0 Å². The third-order valence-corrected chi connectivity index (χ3v) is 14.1. The molecule has 0 saturated carbocycles. The first-order valence-corrected chi connectivity index (χ1v) is 29.3. The Hall–Kier alpha value is -0.500. The zero-order valence-corrected chi connectivity index (χ0v) is 44.0. The third-order valence-electron chi connectivity index (χ3n) is 13.1. The van der Waals surface area contributed by atoms with Crippen LogP contribution in [-0.2, 0) is 18.4 Å². The number of hydrogen-bond acceptors (Lipinski definition) is 6. The molecule has 0 saturated heterocycles. The summed E-state index contributed by atoms with van der Waals surface area (Å²) in [6.07, 6.45) is 54.2. The van der Waals surface area contributed by atoms with Crippen molar-refractivity contribution in [1.29, 1.82) is 0 Å². The Labute approximate surface area is 393 Å². The summed E-state index contributed by atoms with van der Waals surface area (Å²) in [6.45, 7) is 4.76. The van der Waals surface area contributed by atoms with E-state index in [1.165, 1.54) is 225 Å².